The predicted molar refractivity (Wildman–Crippen MR) is 75.2 cm³/mol. The molecule has 0 aliphatic rings. The highest BCUT2D eigenvalue weighted by atomic mass is 32.2. The number of rotatable bonds is 7. The van der Waals surface area contributed by atoms with Gasteiger partial charge in [-0.25, -0.2) is 0 Å². The van der Waals surface area contributed by atoms with E-state index in [1.54, 1.807) is 13.8 Å². The average Bonchev–Trinajstić information content (AvgIpc) is 2.18. The summed E-state index contributed by atoms with van der Waals surface area (Å²) < 4.78 is 112. The van der Waals surface area contributed by atoms with Crippen molar-refractivity contribution in [3.63, 3.8) is 0 Å². The van der Waals surface area contributed by atoms with Gasteiger partial charge in [-0.3, -0.25) is 9.35 Å². The molecule has 0 bridgehead atoms. The van der Waals surface area contributed by atoms with E-state index in [9.17, 15) is 39.6 Å². The maximum Gasteiger partial charge on any atom is 0.438 e. The van der Waals surface area contributed by atoms with Crippen LogP contribution in [-0.2, 0) is 19.6 Å². The Hall–Kier alpha value is -1.04. The van der Waals surface area contributed by atoms with Crippen LogP contribution in [0.15, 0.2) is 0 Å². The minimum atomic E-state index is -6.31. The van der Waals surface area contributed by atoms with E-state index >= 15 is 0 Å². The Morgan fingerprint density at radius 3 is 1.72 bits per heavy atom. The van der Waals surface area contributed by atoms with Crippen LogP contribution in [0, 0.1) is 11.3 Å². The second-order valence-electron chi connectivity index (χ2n) is 6.96. The summed E-state index contributed by atoms with van der Waals surface area (Å²) in [6.45, 7) is 6.36. The van der Waals surface area contributed by atoms with Crippen LogP contribution in [0.4, 0.5) is 26.3 Å². The quantitative estimate of drug-likeness (QED) is 0.399. The number of hydrogen-bond donors (Lipinski definition) is 1. The monoisotopic (exact) mass is 402 g/mol. The molecule has 0 unspecified atom stereocenters. The largest absolute Gasteiger partial charge is 0.438 e. The van der Waals surface area contributed by atoms with E-state index in [0.717, 1.165) is 0 Å². The zero-order valence-electron chi connectivity index (χ0n) is 14.0. The van der Waals surface area contributed by atoms with E-state index in [4.69, 9.17) is 4.55 Å². The van der Waals surface area contributed by atoms with Gasteiger partial charge in [0, 0.05) is 0 Å². The minimum Gasteiger partial charge on any atom is -0.438 e. The maximum absolute atomic E-state index is 13.0. The van der Waals surface area contributed by atoms with Crippen molar-refractivity contribution in [1.29, 1.82) is 0 Å². The number of halogens is 6. The SMILES string of the molecule is CC(C)CC(C)(C)CC(=O)OC(CS(=O)(=O)O)(C(F)(F)F)C(F)(F)F. The van der Waals surface area contributed by atoms with E-state index in [0.29, 0.717) is 6.42 Å². The van der Waals surface area contributed by atoms with Crippen molar-refractivity contribution in [2.75, 3.05) is 5.75 Å². The molecule has 0 aromatic rings. The van der Waals surface area contributed by atoms with Crippen molar-refractivity contribution in [2.45, 2.75) is 58.5 Å². The molecule has 0 saturated carbocycles. The van der Waals surface area contributed by atoms with Gasteiger partial charge < -0.3 is 4.74 Å². The highest BCUT2D eigenvalue weighted by Crippen LogP contribution is 2.47. The number of esters is 1. The normalized spacial score (nSPS) is 14.7. The Morgan fingerprint density at radius 2 is 1.44 bits per heavy atom. The van der Waals surface area contributed by atoms with Gasteiger partial charge in [-0.05, 0) is 17.8 Å². The van der Waals surface area contributed by atoms with Crippen LogP contribution in [0.1, 0.15) is 40.5 Å². The van der Waals surface area contributed by atoms with Crippen molar-refractivity contribution >= 4 is 16.1 Å². The number of alkyl halides is 6. The molecular weight excluding hydrogens is 382 g/mol. The Kier molecular flexibility index (Phi) is 6.99. The van der Waals surface area contributed by atoms with Crippen LogP contribution in [0.25, 0.3) is 0 Å². The molecule has 0 rings (SSSR count). The lowest BCUT2D eigenvalue weighted by Crippen LogP contribution is -2.63. The predicted octanol–water partition coefficient (Wildman–Crippen LogP) is 3.74. The lowest BCUT2D eigenvalue weighted by molar-refractivity contribution is -0.361. The summed E-state index contributed by atoms with van der Waals surface area (Å²) in [6.07, 6.45) is -13.1. The van der Waals surface area contributed by atoms with E-state index in [1.807, 2.05) is 0 Å². The third kappa shape index (κ3) is 7.00. The summed E-state index contributed by atoms with van der Waals surface area (Å²) in [5, 5.41) is 0. The summed E-state index contributed by atoms with van der Waals surface area (Å²) in [4.78, 5) is 11.7. The summed E-state index contributed by atoms with van der Waals surface area (Å²) in [5.74, 6) is -4.75. The molecule has 5 nitrogen and oxygen atoms in total. The van der Waals surface area contributed by atoms with Gasteiger partial charge in [0.25, 0.3) is 10.1 Å². The first kappa shape index (κ1) is 24.0. The van der Waals surface area contributed by atoms with Crippen LogP contribution in [0.2, 0.25) is 0 Å². The zero-order valence-corrected chi connectivity index (χ0v) is 14.8. The van der Waals surface area contributed by atoms with Gasteiger partial charge >= 0.3 is 23.9 Å². The molecule has 0 aromatic heterocycles. The van der Waals surface area contributed by atoms with Crippen LogP contribution in [0.5, 0.6) is 0 Å². The fraction of sp³-hybridized carbons (Fsp3) is 0.923. The van der Waals surface area contributed by atoms with Crippen molar-refractivity contribution in [3.05, 3.63) is 0 Å². The third-order valence-corrected chi connectivity index (χ3v) is 3.94. The summed E-state index contributed by atoms with van der Waals surface area (Å²) >= 11 is 0. The van der Waals surface area contributed by atoms with Gasteiger partial charge in [0.05, 0.1) is 6.42 Å². The minimum absolute atomic E-state index is 0.00407. The van der Waals surface area contributed by atoms with Gasteiger partial charge in [0.2, 0.25) is 0 Å². The second-order valence-corrected chi connectivity index (χ2v) is 8.41. The molecule has 150 valence electrons. The van der Waals surface area contributed by atoms with Gasteiger partial charge in [-0.2, -0.15) is 34.8 Å². The Morgan fingerprint density at radius 1 is 1.04 bits per heavy atom. The molecule has 12 heteroatoms. The van der Waals surface area contributed by atoms with Gasteiger partial charge in [-0.15, -0.1) is 0 Å². The first-order valence-electron chi connectivity index (χ1n) is 7.03. The molecule has 1 N–H and O–H groups in total. The highest BCUT2D eigenvalue weighted by Gasteiger charge is 2.75. The number of carbonyl (C=O) groups is 1. The van der Waals surface area contributed by atoms with Crippen LogP contribution in [-0.4, -0.2) is 42.6 Å². The second kappa shape index (κ2) is 7.29. The van der Waals surface area contributed by atoms with Gasteiger partial charge in [0.15, 0.2) is 0 Å². The van der Waals surface area contributed by atoms with Crippen molar-refractivity contribution < 1.29 is 48.8 Å². The Bertz CT molecular complexity index is 563. The first-order chi connectivity index (χ1) is 10.7. The topological polar surface area (TPSA) is 80.7 Å². The van der Waals surface area contributed by atoms with Crippen LogP contribution in [0.3, 0.4) is 0 Å². The van der Waals surface area contributed by atoms with Crippen molar-refractivity contribution in [3.8, 4) is 0 Å². The molecule has 0 heterocycles. The highest BCUT2D eigenvalue weighted by molar-refractivity contribution is 7.85. The van der Waals surface area contributed by atoms with E-state index in [2.05, 4.69) is 4.74 Å². The number of carbonyl (C=O) groups excluding carboxylic acids is 1. The first-order valence-corrected chi connectivity index (χ1v) is 8.64. The summed E-state index contributed by atoms with van der Waals surface area (Å²) in [5.41, 5.74) is -6.33. The molecule has 0 aliphatic carbocycles. The van der Waals surface area contributed by atoms with Crippen LogP contribution < -0.4 is 0 Å². The van der Waals surface area contributed by atoms with Crippen molar-refractivity contribution in [1.82, 2.24) is 0 Å². The Labute approximate surface area is 141 Å². The molecule has 0 spiro atoms. The van der Waals surface area contributed by atoms with E-state index < -0.39 is 51.6 Å². The van der Waals surface area contributed by atoms with Crippen LogP contribution >= 0.6 is 0 Å². The lowest BCUT2D eigenvalue weighted by atomic mass is 9.81. The fourth-order valence-corrected chi connectivity index (χ4v) is 3.42. The maximum atomic E-state index is 13.0. The lowest BCUT2D eigenvalue weighted by Gasteiger charge is -2.36. The summed E-state index contributed by atoms with van der Waals surface area (Å²) in [7, 11) is -5.77. The standard InChI is InChI=1S/C13H20F6O5S/c1-8(2)5-10(3,4)6-9(20)24-11(12(14,15)16,13(17,18)19)7-25(21,22)23/h8H,5-7H2,1-4H3,(H,21,22,23). The molecule has 25 heavy (non-hydrogen) atoms. The molecule has 0 atom stereocenters. The molecule has 0 amide bonds. The van der Waals surface area contributed by atoms with Crippen molar-refractivity contribution in [2.24, 2.45) is 11.3 Å². The third-order valence-electron chi connectivity index (χ3n) is 3.17. The van der Waals surface area contributed by atoms with E-state index in [1.165, 1.54) is 13.8 Å². The zero-order chi connectivity index (χ0) is 20.5. The molecule has 0 radical (unpaired) electrons. The van der Waals surface area contributed by atoms with E-state index in [-0.39, 0.29) is 5.92 Å². The van der Waals surface area contributed by atoms with Gasteiger partial charge in [0.1, 0.15) is 5.75 Å². The molecule has 0 fully saturated rings. The Balaban J connectivity index is 5.84. The smallest absolute Gasteiger partial charge is 0.438 e. The number of ether oxygens (including phenoxy) is 1. The molecule has 0 saturated heterocycles. The molecule has 0 aliphatic heterocycles. The molecule has 0 aromatic carbocycles. The average molecular weight is 402 g/mol. The fourth-order valence-electron chi connectivity index (χ4n) is 2.52. The van der Waals surface area contributed by atoms with Gasteiger partial charge in [-0.1, -0.05) is 27.7 Å². The molecular formula is C13H20F6O5S. The number of hydrogen-bond acceptors (Lipinski definition) is 4. The summed E-state index contributed by atoms with van der Waals surface area (Å²) in [6, 6.07) is 0.